The first kappa shape index (κ1) is 15.3. The summed E-state index contributed by atoms with van der Waals surface area (Å²) < 4.78 is 0. The monoisotopic (exact) mass is 267 g/mol. The average molecular weight is 267 g/mol. The van der Waals surface area contributed by atoms with Crippen molar-refractivity contribution in [2.75, 3.05) is 19.6 Å². The van der Waals surface area contributed by atoms with Gasteiger partial charge in [0.05, 0.1) is 6.10 Å². The summed E-state index contributed by atoms with van der Waals surface area (Å²) in [6.07, 6.45) is 7.55. The van der Waals surface area contributed by atoms with Crippen LogP contribution in [0.5, 0.6) is 0 Å². The largest absolute Gasteiger partial charge is 0.393 e. The van der Waals surface area contributed by atoms with Crippen LogP contribution in [0.15, 0.2) is 0 Å². The Labute approximate surface area is 119 Å². The van der Waals surface area contributed by atoms with Gasteiger partial charge < -0.3 is 10.0 Å². The zero-order chi connectivity index (χ0) is 13.8. The van der Waals surface area contributed by atoms with E-state index in [9.17, 15) is 5.11 Å². The Morgan fingerprint density at radius 1 is 1.21 bits per heavy atom. The fourth-order valence-corrected chi connectivity index (χ4v) is 4.14. The molecule has 1 aliphatic carbocycles. The molecule has 1 heterocycles. The van der Waals surface area contributed by atoms with E-state index in [-0.39, 0.29) is 6.10 Å². The molecule has 0 spiro atoms. The first-order valence-electron chi connectivity index (χ1n) is 8.50. The first-order valence-corrected chi connectivity index (χ1v) is 8.50. The zero-order valence-corrected chi connectivity index (χ0v) is 13.1. The smallest absolute Gasteiger partial charge is 0.0580 e. The number of hydrogen-bond acceptors (Lipinski definition) is 2. The van der Waals surface area contributed by atoms with E-state index in [1.54, 1.807) is 0 Å². The van der Waals surface area contributed by atoms with E-state index in [1.807, 2.05) is 0 Å². The molecule has 0 aromatic rings. The second kappa shape index (κ2) is 7.08. The van der Waals surface area contributed by atoms with Crippen molar-refractivity contribution in [2.24, 2.45) is 23.7 Å². The van der Waals surface area contributed by atoms with Gasteiger partial charge in [-0.3, -0.25) is 0 Å². The lowest BCUT2D eigenvalue weighted by Gasteiger charge is -2.37. The third-order valence-corrected chi connectivity index (χ3v) is 5.49. The molecule has 2 rings (SSSR count). The van der Waals surface area contributed by atoms with Gasteiger partial charge in [-0.15, -0.1) is 0 Å². The molecule has 4 atom stereocenters. The van der Waals surface area contributed by atoms with Crippen LogP contribution in [0, 0.1) is 23.7 Å². The van der Waals surface area contributed by atoms with E-state index < -0.39 is 0 Å². The molecule has 2 heteroatoms. The second-order valence-electron chi connectivity index (χ2n) is 7.35. The van der Waals surface area contributed by atoms with Crippen molar-refractivity contribution in [3.05, 3.63) is 0 Å². The van der Waals surface area contributed by atoms with Gasteiger partial charge in [0.1, 0.15) is 0 Å². The SMILES string of the molecule is CCCC1CCN(CC2CC(C(C)C)CCC2O)C1. The number of aliphatic hydroxyl groups is 1. The summed E-state index contributed by atoms with van der Waals surface area (Å²) in [4.78, 5) is 2.62. The molecule has 1 N–H and O–H groups in total. The second-order valence-corrected chi connectivity index (χ2v) is 7.35. The molecule has 2 fully saturated rings. The predicted octanol–water partition coefficient (Wildman–Crippen LogP) is 3.54. The van der Waals surface area contributed by atoms with Crippen molar-refractivity contribution in [1.29, 1.82) is 0 Å². The summed E-state index contributed by atoms with van der Waals surface area (Å²) >= 11 is 0. The highest BCUT2D eigenvalue weighted by molar-refractivity contribution is 4.85. The van der Waals surface area contributed by atoms with Crippen molar-refractivity contribution in [1.82, 2.24) is 4.90 Å². The standard InChI is InChI=1S/C17H33NO/c1-4-5-14-8-9-18(11-14)12-16-10-15(13(2)3)6-7-17(16)19/h13-17,19H,4-12H2,1-3H3. The zero-order valence-electron chi connectivity index (χ0n) is 13.1. The molecule has 0 aromatic carbocycles. The molecule has 0 aromatic heterocycles. The van der Waals surface area contributed by atoms with Gasteiger partial charge >= 0.3 is 0 Å². The number of rotatable bonds is 5. The highest BCUT2D eigenvalue weighted by Gasteiger charge is 2.33. The maximum Gasteiger partial charge on any atom is 0.0580 e. The van der Waals surface area contributed by atoms with Crippen LogP contribution in [-0.4, -0.2) is 35.7 Å². The molecule has 19 heavy (non-hydrogen) atoms. The number of hydrogen-bond donors (Lipinski definition) is 1. The number of aliphatic hydroxyl groups excluding tert-OH is 1. The Balaban J connectivity index is 1.80. The quantitative estimate of drug-likeness (QED) is 0.823. The van der Waals surface area contributed by atoms with Gasteiger partial charge in [-0.05, 0) is 62.3 Å². The fourth-order valence-electron chi connectivity index (χ4n) is 4.14. The van der Waals surface area contributed by atoms with Gasteiger partial charge in [-0.1, -0.05) is 27.2 Å². The van der Waals surface area contributed by atoms with E-state index in [2.05, 4.69) is 25.7 Å². The predicted molar refractivity (Wildman–Crippen MR) is 81.1 cm³/mol. The van der Waals surface area contributed by atoms with E-state index in [0.29, 0.717) is 5.92 Å². The Morgan fingerprint density at radius 2 is 2.00 bits per heavy atom. The number of nitrogens with zero attached hydrogens (tertiary/aromatic N) is 1. The number of likely N-dealkylation sites (tertiary alicyclic amines) is 1. The molecule has 1 saturated carbocycles. The molecule has 1 aliphatic heterocycles. The fraction of sp³-hybridized carbons (Fsp3) is 1.00. The molecule has 0 bridgehead atoms. The summed E-state index contributed by atoms with van der Waals surface area (Å²) in [5.41, 5.74) is 0. The Hall–Kier alpha value is -0.0800. The normalized spacial score (nSPS) is 37.1. The lowest BCUT2D eigenvalue weighted by atomic mass is 9.74. The summed E-state index contributed by atoms with van der Waals surface area (Å²) in [5, 5.41) is 10.3. The van der Waals surface area contributed by atoms with E-state index in [1.165, 1.54) is 45.2 Å². The lowest BCUT2D eigenvalue weighted by molar-refractivity contribution is 0.0215. The third kappa shape index (κ3) is 4.19. The Bertz CT molecular complexity index is 266. The van der Waals surface area contributed by atoms with Crippen LogP contribution in [-0.2, 0) is 0 Å². The van der Waals surface area contributed by atoms with Gasteiger partial charge in [-0.25, -0.2) is 0 Å². The van der Waals surface area contributed by atoms with Crippen LogP contribution in [0.1, 0.15) is 59.3 Å². The highest BCUT2D eigenvalue weighted by atomic mass is 16.3. The summed E-state index contributed by atoms with van der Waals surface area (Å²) in [6, 6.07) is 0. The van der Waals surface area contributed by atoms with Crippen molar-refractivity contribution >= 4 is 0 Å². The van der Waals surface area contributed by atoms with E-state index in [4.69, 9.17) is 0 Å². The van der Waals surface area contributed by atoms with Crippen LogP contribution in [0.4, 0.5) is 0 Å². The summed E-state index contributed by atoms with van der Waals surface area (Å²) in [5.74, 6) is 3.07. The molecule has 1 saturated heterocycles. The van der Waals surface area contributed by atoms with Crippen molar-refractivity contribution in [3.8, 4) is 0 Å². The molecular weight excluding hydrogens is 234 g/mol. The minimum absolute atomic E-state index is 0.0415. The maximum absolute atomic E-state index is 10.3. The lowest BCUT2D eigenvalue weighted by Crippen LogP contribution is -2.39. The minimum atomic E-state index is -0.0415. The Morgan fingerprint density at radius 3 is 2.68 bits per heavy atom. The minimum Gasteiger partial charge on any atom is -0.393 e. The molecule has 2 nitrogen and oxygen atoms in total. The summed E-state index contributed by atoms with van der Waals surface area (Å²) in [6.45, 7) is 10.7. The Kier molecular flexibility index (Phi) is 5.70. The van der Waals surface area contributed by atoms with Crippen LogP contribution in [0.2, 0.25) is 0 Å². The first-order chi connectivity index (χ1) is 9.10. The van der Waals surface area contributed by atoms with Crippen molar-refractivity contribution < 1.29 is 5.11 Å². The van der Waals surface area contributed by atoms with Crippen LogP contribution in [0.25, 0.3) is 0 Å². The van der Waals surface area contributed by atoms with Crippen LogP contribution < -0.4 is 0 Å². The molecular formula is C17H33NO. The van der Waals surface area contributed by atoms with Gasteiger partial charge in [0.15, 0.2) is 0 Å². The van der Waals surface area contributed by atoms with Crippen molar-refractivity contribution in [3.63, 3.8) is 0 Å². The van der Waals surface area contributed by atoms with E-state index in [0.717, 1.165) is 30.7 Å². The van der Waals surface area contributed by atoms with Gasteiger partial charge in [0.2, 0.25) is 0 Å². The molecule has 2 aliphatic rings. The highest BCUT2D eigenvalue weighted by Crippen LogP contribution is 2.35. The topological polar surface area (TPSA) is 23.5 Å². The third-order valence-electron chi connectivity index (χ3n) is 5.49. The summed E-state index contributed by atoms with van der Waals surface area (Å²) in [7, 11) is 0. The van der Waals surface area contributed by atoms with Crippen LogP contribution in [0.3, 0.4) is 0 Å². The van der Waals surface area contributed by atoms with Crippen LogP contribution >= 0.6 is 0 Å². The van der Waals surface area contributed by atoms with Gasteiger partial charge in [-0.2, -0.15) is 0 Å². The molecule has 0 amide bonds. The van der Waals surface area contributed by atoms with E-state index >= 15 is 0 Å². The van der Waals surface area contributed by atoms with Gasteiger partial charge in [0, 0.05) is 13.1 Å². The maximum atomic E-state index is 10.3. The molecule has 4 unspecified atom stereocenters. The molecule has 0 radical (unpaired) electrons. The average Bonchev–Trinajstić information content (AvgIpc) is 2.80. The van der Waals surface area contributed by atoms with Crippen molar-refractivity contribution in [2.45, 2.75) is 65.4 Å². The van der Waals surface area contributed by atoms with Gasteiger partial charge in [0.25, 0.3) is 0 Å². The molecule has 112 valence electrons.